The van der Waals surface area contributed by atoms with Gasteiger partial charge in [0, 0.05) is 35.8 Å². The van der Waals surface area contributed by atoms with Gasteiger partial charge in [-0.25, -0.2) is 9.48 Å². The topological polar surface area (TPSA) is 103 Å². The zero-order chi connectivity index (χ0) is 32.1. The van der Waals surface area contributed by atoms with E-state index in [0.29, 0.717) is 30.4 Å². The second-order valence-electron chi connectivity index (χ2n) is 13.1. The molecule has 1 aliphatic heterocycles. The zero-order valence-electron chi connectivity index (χ0n) is 26.8. The number of piperidine rings is 1. The van der Waals surface area contributed by atoms with Gasteiger partial charge in [0.05, 0.1) is 23.4 Å². The molecule has 0 radical (unpaired) electrons. The van der Waals surface area contributed by atoms with Crippen LogP contribution in [0, 0.1) is 24.2 Å². The van der Waals surface area contributed by atoms with Crippen LogP contribution in [-0.4, -0.2) is 39.7 Å². The number of aryl methyl sites for hydroxylation is 1. The summed E-state index contributed by atoms with van der Waals surface area (Å²) in [5, 5.41) is 20.1. The van der Waals surface area contributed by atoms with Gasteiger partial charge in [0.25, 0.3) is 5.91 Å². The molecule has 0 aliphatic carbocycles. The molecule has 3 amide bonds. The molecule has 3 aromatic carbocycles. The summed E-state index contributed by atoms with van der Waals surface area (Å²) < 4.78 is 1.77. The first-order chi connectivity index (χ1) is 21.5. The molecule has 4 aromatic rings. The highest BCUT2D eigenvalue weighted by Crippen LogP contribution is 2.28. The number of amides is 3. The number of benzene rings is 3. The van der Waals surface area contributed by atoms with Crippen LogP contribution >= 0.6 is 0 Å². The van der Waals surface area contributed by atoms with Crippen molar-refractivity contribution in [1.82, 2.24) is 14.7 Å². The molecule has 0 bridgehead atoms. The summed E-state index contributed by atoms with van der Waals surface area (Å²) in [7, 11) is 0. The molecule has 1 saturated heterocycles. The van der Waals surface area contributed by atoms with Crippen LogP contribution in [0.5, 0.6) is 0 Å². The average Bonchev–Trinajstić information content (AvgIpc) is 3.45. The molecule has 1 aromatic heterocycles. The van der Waals surface area contributed by atoms with E-state index in [1.165, 1.54) is 0 Å². The van der Waals surface area contributed by atoms with Crippen LogP contribution in [0.15, 0.2) is 78.9 Å². The third-order valence-electron chi connectivity index (χ3n) is 8.44. The van der Waals surface area contributed by atoms with Crippen LogP contribution in [0.1, 0.15) is 79.2 Å². The number of hydrogen-bond donors (Lipinski definition) is 2. The van der Waals surface area contributed by atoms with Gasteiger partial charge in [-0.2, -0.15) is 10.4 Å². The molecular weight excluding hydrogens is 560 g/mol. The van der Waals surface area contributed by atoms with E-state index in [1.54, 1.807) is 4.68 Å². The first-order valence-electron chi connectivity index (χ1n) is 15.6. The van der Waals surface area contributed by atoms with E-state index in [-0.39, 0.29) is 23.3 Å². The number of nitriles is 1. The molecule has 1 fully saturated rings. The zero-order valence-corrected chi connectivity index (χ0v) is 26.8. The van der Waals surface area contributed by atoms with E-state index in [2.05, 4.69) is 43.5 Å². The van der Waals surface area contributed by atoms with Gasteiger partial charge in [0.15, 0.2) is 0 Å². The van der Waals surface area contributed by atoms with Gasteiger partial charge in [-0.1, -0.05) is 62.7 Å². The highest BCUT2D eigenvalue weighted by molar-refractivity contribution is 5.99. The molecule has 0 unspecified atom stereocenters. The number of carbonyl (C=O) groups excluding carboxylic acids is 2. The molecular formula is C37H42N6O2. The highest BCUT2D eigenvalue weighted by Gasteiger charge is 2.25. The largest absolute Gasteiger partial charge is 0.339 e. The van der Waals surface area contributed by atoms with Crippen molar-refractivity contribution in [2.24, 2.45) is 5.92 Å². The van der Waals surface area contributed by atoms with E-state index >= 15 is 0 Å². The van der Waals surface area contributed by atoms with Crippen molar-refractivity contribution in [1.29, 1.82) is 5.26 Å². The minimum atomic E-state index is -0.332. The van der Waals surface area contributed by atoms with Crippen molar-refractivity contribution in [3.05, 3.63) is 107 Å². The van der Waals surface area contributed by atoms with Crippen LogP contribution in [0.25, 0.3) is 5.69 Å². The summed E-state index contributed by atoms with van der Waals surface area (Å²) in [6.45, 7) is 11.6. The number of nitrogens with one attached hydrogen (secondary N) is 2. The van der Waals surface area contributed by atoms with E-state index < -0.39 is 0 Å². The van der Waals surface area contributed by atoms with Gasteiger partial charge < -0.3 is 10.2 Å². The Balaban J connectivity index is 1.19. The Labute approximate surface area is 266 Å². The average molecular weight is 603 g/mol. The molecule has 1 aliphatic rings. The number of urea groups is 1. The standard InChI is InChI=1S/C37H42N6O2/c1-25-12-14-32(15-13-25)43-34(23-33(41-43)37(3,4)5)40-36(45)39-31-11-6-8-28(21-31)20-27-16-18-42(19-17-27)35(44)30-10-7-9-29(22-30)26(2)24-38/h6-15,21-23,26-27H,16-20H2,1-5H3,(H2,39,40,45)/t26-/m1/s1. The number of likely N-dealkylation sites (tertiary alicyclic amines) is 1. The molecule has 0 spiro atoms. The van der Waals surface area contributed by atoms with Gasteiger partial charge in [0.2, 0.25) is 0 Å². The SMILES string of the molecule is Cc1ccc(-n2nc(C(C)(C)C)cc2NC(=O)Nc2cccc(CC3CCN(C(=O)c4cccc([C@H](C)C#N)c4)CC3)c2)cc1. The molecule has 2 N–H and O–H groups in total. The summed E-state index contributed by atoms with van der Waals surface area (Å²) in [5.41, 5.74) is 6.12. The van der Waals surface area contributed by atoms with E-state index in [1.807, 2.05) is 91.5 Å². The van der Waals surface area contributed by atoms with Gasteiger partial charge in [-0.05, 0) is 86.6 Å². The van der Waals surface area contributed by atoms with Crippen molar-refractivity contribution >= 4 is 23.4 Å². The molecule has 8 heteroatoms. The predicted molar refractivity (Wildman–Crippen MR) is 179 cm³/mol. The Morgan fingerprint density at radius 1 is 0.978 bits per heavy atom. The number of carbonyl (C=O) groups is 2. The van der Waals surface area contributed by atoms with Gasteiger partial charge >= 0.3 is 6.03 Å². The van der Waals surface area contributed by atoms with Crippen molar-refractivity contribution in [2.75, 3.05) is 23.7 Å². The highest BCUT2D eigenvalue weighted by atomic mass is 16.2. The lowest BCUT2D eigenvalue weighted by atomic mass is 9.89. The fourth-order valence-corrected chi connectivity index (χ4v) is 5.65. The maximum atomic E-state index is 13.2. The molecule has 45 heavy (non-hydrogen) atoms. The van der Waals surface area contributed by atoms with Gasteiger partial charge in [-0.3, -0.25) is 10.1 Å². The van der Waals surface area contributed by atoms with Crippen molar-refractivity contribution in [2.45, 2.75) is 65.2 Å². The lowest BCUT2D eigenvalue weighted by molar-refractivity contribution is 0.0690. The summed E-state index contributed by atoms with van der Waals surface area (Å²) in [4.78, 5) is 28.2. The maximum absolute atomic E-state index is 13.2. The Kier molecular flexibility index (Phi) is 9.38. The molecule has 5 rings (SSSR count). The second kappa shape index (κ2) is 13.4. The lowest BCUT2D eigenvalue weighted by Gasteiger charge is -2.32. The molecule has 2 heterocycles. The van der Waals surface area contributed by atoms with Crippen LogP contribution in [0.4, 0.5) is 16.3 Å². The van der Waals surface area contributed by atoms with Gasteiger partial charge in [-0.15, -0.1) is 0 Å². The third-order valence-corrected chi connectivity index (χ3v) is 8.44. The van der Waals surface area contributed by atoms with Gasteiger partial charge in [0.1, 0.15) is 5.82 Å². The first kappa shape index (κ1) is 31.5. The summed E-state index contributed by atoms with van der Waals surface area (Å²) in [5.74, 6) is 0.826. The van der Waals surface area contributed by atoms with Crippen LogP contribution in [-0.2, 0) is 11.8 Å². The van der Waals surface area contributed by atoms with Crippen molar-refractivity contribution < 1.29 is 9.59 Å². The van der Waals surface area contributed by atoms with Crippen molar-refractivity contribution in [3.63, 3.8) is 0 Å². The molecule has 8 nitrogen and oxygen atoms in total. The first-order valence-corrected chi connectivity index (χ1v) is 15.6. The second-order valence-corrected chi connectivity index (χ2v) is 13.1. The molecule has 1 atom stereocenters. The smallest absolute Gasteiger partial charge is 0.324 e. The fourth-order valence-electron chi connectivity index (χ4n) is 5.65. The van der Waals surface area contributed by atoms with E-state index in [4.69, 9.17) is 5.10 Å². The van der Waals surface area contributed by atoms with E-state index in [0.717, 1.165) is 53.0 Å². The number of rotatable bonds is 7. The number of nitrogens with zero attached hydrogens (tertiary/aromatic N) is 4. The summed E-state index contributed by atoms with van der Waals surface area (Å²) in [6.07, 6.45) is 2.71. The predicted octanol–water partition coefficient (Wildman–Crippen LogP) is 7.84. The van der Waals surface area contributed by atoms with Crippen LogP contribution in [0.2, 0.25) is 0 Å². The van der Waals surface area contributed by atoms with Crippen LogP contribution < -0.4 is 10.6 Å². The Hall–Kier alpha value is -4.90. The fraction of sp³-hybridized carbons (Fsp3) is 0.351. The lowest BCUT2D eigenvalue weighted by Crippen LogP contribution is -2.39. The maximum Gasteiger partial charge on any atom is 0.324 e. The minimum absolute atomic E-state index is 0.0241. The van der Waals surface area contributed by atoms with Crippen LogP contribution in [0.3, 0.4) is 0 Å². The third kappa shape index (κ3) is 7.79. The van der Waals surface area contributed by atoms with E-state index in [9.17, 15) is 14.9 Å². The number of aromatic nitrogens is 2. The summed E-state index contributed by atoms with van der Waals surface area (Å²) in [6, 6.07) is 27.3. The number of anilines is 2. The normalized spacial score (nSPS) is 14.4. The Bertz CT molecular complexity index is 1700. The monoisotopic (exact) mass is 602 g/mol. The quantitative estimate of drug-likeness (QED) is 0.225. The van der Waals surface area contributed by atoms with Crippen molar-refractivity contribution in [3.8, 4) is 11.8 Å². The molecule has 0 saturated carbocycles. The summed E-state index contributed by atoms with van der Waals surface area (Å²) >= 11 is 0. The minimum Gasteiger partial charge on any atom is -0.339 e. The molecule has 232 valence electrons. The Morgan fingerprint density at radius 3 is 2.38 bits per heavy atom. The number of hydrogen-bond acceptors (Lipinski definition) is 4. The Morgan fingerprint density at radius 2 is 1.69 bits per heavy atom.